The normalized spacial score (nSPS) is 11.9. The summed E-state index contributed by atoms with van der Waals surface area (Å²) in [6.07, 6.45) is 1.71. The molecule has 0 aliphatic heterocycles. The maximum absolute atomic E-state index is 9.19. The third-order valence-electron chi connectivity index (χ3n) is 3.17. The van der Waals surface area contributed by atoms with Crippen LogP contribution in [0.3, 0.4) is 0 Å². The molecule has 0 radical (unpaired) electrons. The predicted octanol–water partition coefficient (Wildman–Crippen LogP) is 3.64. The van der Waals surface area contributed by atoms with Crippen molar-refractivity contribution in [3.05, 3.63) is 46.5 Å². The third-order valence-corrected chi connectivity index (χ3v) is 3.17. The maximum Gasteiger partial charge on any atom is 0.144 e. The Hall–Kier alpha value is -2.28. The Balaban J connectivity index is 2.30. The minimum Gasteiger partial charge on any atom is -0.466 e. The van der Waals surface area contributed by atoms with Crippen molar-refractivity contribution in [3.8, 4) is 6.07 Å². The summed E-state index contributed by atoms with van der Waals surface area (Å²) in [5, 5.41) is 12.5. The van der Waals surface area contributed by atoms with E-state index in [4.69, 9.17) is 4.42 Å². The lowest BCUT2D eigenvalue weighted by Crippen LogP contribution is -2.10. The molecule has 0 saturated heterocycles. The van der Waals surface area contributed by atoms with E-state index in [9.17, 15) is 5.26 Å². The van der Waals surface area contributed by atoms with Gasteiger partial charge in [-0.15, -0.1) is 0 Å². The van der Waals surface area contributed by atoms with Gasteiger partial charge in [0.05, 0.1) is 11.6 Å². The molecule has 98 valence electrons. The molecule has 1 N–H and O–H groups in total. The van der Waals surface area contributed by atoms with Gasteiger partial charge in [-0.3, -0.25) is 0 Å². The van der Waals surface area contributed by atoms with Gasteiger partial charge in [-0.25, -0.2) is 4.98 Å². The molecule has 0 spiro atoms. The van der Waals surface area contributed by atoms with Crippen molar-refractivity contribution in [2.75, 3.05) is 5.32 Å². The van der Waals surface area contributed by atoms with E-state index in [0.717, 1.165) is 22.6 Å². The average Bonchev–Trinajstić information content (AvgIpc) is 2.69. The van der Waals surface area contributed by atoms with E-state index in [2.05, 4.69) is 16.4 Å². The number of furan rings is 1. The first kappa shape index (κ1) is 13.2. The van der Waals surface area contributed by atoms with Crippen LogP contribution in [0.15, 0.2) is 22.7 Å². The lowest BCUT2D eigenvalue weighted by Gasteiger charge is -2.15. The third kappa shape index (κ3) is 2.60. The molecule has 2 aromatic rings. The van der Waals surface area contributed by atoms with Gasteiger partial charge in [-0.2, -0.15) is 5.26 Å². The summed E-state index contributed by atoms with van der Waals surface area (Å²) in [7, 11) is 0. The molecule has 2 rings (SSSR count). The van der Waals surface area contributed by atoms with Gasteiger partial charge >= 0.3 is 0 Å². The molecular formula is C15H17N3O. The summed E-state index contributed by atoms with van der Waals surface area (Å²) in [5.74, 6) is 2.40. The van der Waals surface area contributed by atoms with E-state index in [0.29, 0.717) is 11.4 Å². The molecule has 4 heteroatoms. The number of nitrogens with one attached hydrogen (secondary N) is 1. The fourth-order valence-electron chi connectivity index (χ4n) is 2.17. The zero-order chi connectivity index (χ0) is 14.0. The highest BCUT2D eigenvalue weighted by atomic mass is 16.3. The minimum absolute atomic E-state index is 0.0406. The van der Waals surface area contributed by atoms with Crippen LogP contribution in [0.4, 0.5) is 5.82 Å². The van der Waals surface area contributed by atoms with E-state index in [1.807, 2.05) is 39.8 Å². The molecule has 2 aromatic heterocycles. The Bertz CT molecular complexity index is 637. The van der Waals surface area contributed by atoms with Crippen LogP contribution in [-0.2, 0) is 0 Å². The maximum atomic E-state index is 9.19. The van der Waals surface area contributed by atoms with Crippen LogP contribution in [-0.4, -0.2) is 4.98 Å². The first-order valence-corrected chi connectivity index (χ1v) is 6.22. The molecule has 0 saturated carbocycles. The molecule has 0 bridgehead atoms. The number of rotatable bonds is 3. The van der Waals surface area contributed by atoms with Crippen LogP contribution in [0.1, 0.15) is 41.2 Å². The van der Waals surface area contributed by atoms with E-state index < -0.39 is 0 Å². The topological polar surface area (TPSA) is 61.9 Å². The Kier molecular flexibility index (Phi) is 3.57. The van der Waals surface area contributed by atoms with Crippen LogP contribution in [0.5, 0.6) is 0 Å². The highest BCUT2D eigenvalue weighted by Crippen LogP contribution is 2.26. The molecule has 4 nitrogen and oxygen atoms in total. The van der Waals surface area contributed by atoms with Crippen molar-refractivity contribution in [1.29, 1.82) is 5.26 Å². The zero-order valence-corrected chi connectivity index (χ0v) is 11.6. The summed E-state index contributed by atoms with van der Waals surface area (Å²) in [6, 6.07) is 6.08. The molecule has 0 aromatic carbocycles. The second-order valence-corrected chi connectivity index (χ2v) is 4.70. The van der Waals surface area contributed by atoms with Crippen LogP contribution in [0, 0.1) is 32.1 Å². The molecule has 1 unspecified atom stereocenters. The molecule has 0 aliphatic carbocycles. The van der Waals surface area contributed by atoms with Gasteiger partial charge in [0.25, 0.3) is 0 Å². The first-order chi connectivity index (χ1) is 9.02. The fourth-order valence-corrected chi connectivity index (χ4v) is 2.17. The van der Waals surface area contributed by atoms with E-state index in [1.54, 1.807) is 6.20 Å². The van der Waals surface area contributed by atoms with Crippen molar-refractivity contribution in [3.63, 3.8) is 0 Å². The van der Waals surface area contributed by atoms with Gasteiger partial charge in [0.15, 0.2) is 0 Å². The lowest BCUT2D eigenvalue weighted by atomic mass is 10.1. The van der Waals surface area contributed by atoms with Gasteiger partial charge in [0, 0.05) is 11.8 Å². The van der Waals surface area contributed by atoms with Crippen molar-refractivity contribution in [2.24, 2.45) is 0 Å². The van der Waals surface area contributed by atoms with Crippen LogP contribution in [0.25, 0.3) is 0 Å². The summed E-state index contributed by atoms with van der Waals surface area (Å²) in [4.78, 5) is 4.25. The largest absolute Gasteiger partial charge is 0.466 e. The van der Waals surface area contributed by atoms with E-state index in [-0.39, 0.29) is 6.04 Å². The van der Waals surface area contributed by atoms with Crippen LogP contribution < -0.4 is 5.32 Å². The van der Waals surface area contributed by atoms with Gasteiger partial charge in [-0.05, 0) is 45.4 Å². The quantitative estimate of drug-likeness (QED) is 0.909. The molecule has 2 heterocycles. The highest BCUT2D eigenvalue weighted by Gasteiger charge is 2.15. The number of aromatic nitrogens is 1. The lowest BCUT2D eigenvalue weighted by molar-refractivity contribution is 0.499. The van der Waals surface area contributed by atoms with E-state index in [1.165, 1.54) is 0 Å². The van der Waals surface area contributed by atoms with Gasteiger partial charge in [0.2, 0.25) is 0 Å². The number of hydrogen-bond acceptors (Lipinski definition) is 4. The number of anilines is 1. The van der Waals surface area contributed by atoms with Crippen molar-refractivity contribution < 1.29 is 4.42 Å². The summed E-state index contributed by atoms with van der Waals surface area (Å²) in [6.45, 7) is 7.80. The Morgan fingerprint density at radius 1 is 1.37 bits per heavy atom. The average molecular weight is 255 g/mol. The second kappa shape index (κ2) is 5.15. The van der Waals surface area contributed by atoms with Crippen LogP contribution >= 0.6 is 0 Å². The number of hydrogen-bond donors (Lipinski definition) is 1. The first-order valence-electron chi connectivity index (χ1n) is 6.22. The number of nitrogens with zero attached hydrogens (tertiary/aromatic N) is 2. The Labute approximate surface area is 113 Å². The van der Waals surface area contributed by atoms with Crippen molar-refractivity contribution >= 4 is 5.82 Å². The molecular weight excluding hydrogens is 238 g/mol. The number of aryl methyl sites for hydroxylation is 3. The second-order valence-electron chi connectivity index (χ2n) is 4.70. The van der Waals surface area contributed by atoms with Gasteiger partial charge in [0.1, 0.15) is 23.4 Å². The Morgan fingerprint density at radius 3 is 2.68 bits per heavy atom. The van der Waals surface area contributed by atoms with Gasteiger partial charge < -0.3 is 9.73 Å². The summed E-state index contributed by atoms with van der Waals surface area (Å²) in [5.41, 5.74) is 2.60. The Morgan fingerprint density at radius 2 is 2.11 bits per heavy atom. The van der Waals surface area contributed by atoms with Crippen molar-refractivity contribution in [2.45, 2.75) is 33.7 Å². The molecule has 0 aliphatic rings. The van der Waals surface area contributed by atoms with Gasteiger partial charge in [-0.1, -0.05) is 0 Å². The fraction of sp³-hybridized carbons (Fsp3) is 0.333. The SMILES string of the molecule is Cc1cc(C(C)Nc2nccc(C)c2C#N)c(C)o1. The monoisotopic (exact) mass is 255 g/mol. The van der Waals surface area contributed by atoms with Crippen LogP contribution in [0.2, 0.25) is 0 Å². The molecule has 19 heavy (non-hydrogen) atoms. The molecule has 0 fully saturated rings. The van der Waals surface area contributed by atoms with Crippen molar-refractivity contribution in [1.82, 2.24) is 4.98 Å². The summed E-state index contributed by atoms with van der Waals surface area (Å²) < 4.78 is 5.53. The molecule has 1 atom stereocenters. The van der Waals surface area contributed by atoms with E-state index >= 15 is 0 Å². The number of nitriles is 1. The zero-order valence-electron chi connectivity index (χ0n) is 11.6. The minimum atomic E-state index is 0.0406. The predicted molar refractivity (Wildman–Crippen MR) is 73.9 cm³/mol. The standard InChI is InChI=1S/C15H17N3O/c1-9-5-6-17-15(14(9)8-16)18-11(3)13-7-10(2)19-12(13)4/h5-7,11H,1-4H3,(H,17,18). The smallest absolute Gasteiger partial charge is 0.144 e. The molecule has 0 amide bonds. The number of pyridine rings is 1. The highest BCUT2D eigenvalue weighted by molar-refractivity contribution is 5.56. The summed E-state index contributed by atoms with van der Waals surface area (Å²) >= 11 is 0.